The van der Waals surface area contributed by atoms with Crippen molar-refractivity contribution in [1.29, 1.82) is 0 Å². The number of para-hydroxylation sites is 1. The van der Waals surface area contributed by atoms with Crippen molar-refractivity contribution in [1.82, 2.24) is 4.90 Å². The Morgan fingerprint density at radius 1 is 0.774 bits per heavy atom. The molecule has 0 spiro atoms. The topological polar surface area (TPSA) is 82.0 Å². The fourth-order valence-electron chi connectivity index (χ4n) is 5.44. The molecular formula is C34H28F13N3O3. The van der Waals surface area contributed by atoms with Gasteiger partial charge >= 0.3 is 41.8 Å². The van der Waals surface area contributed by atoms with Crippen LogP contribution in [0.2, 0.25) is 0 Å². The van der Waals surface area contributed by atoms with Crippen molar-refractivity contribution in [3.8, 4) is 0 Å². The highest BCUT2D eigenvalue weighted by Gasteiger charge is 2.90. The summed E-state index contributed by atoms with van der Waals surface area (Å²) in [5.41, 5.74) is -0.757. The van der Waals surface area contributed by atoms with E-state index in [1.54, 1.807) is 18.2 Å². The Morgan fingerprint density at radius 3 is 1.87 bits per heavy atom. The van der Waals surface area contributed by atoms with E-state index in [0.717, 1.165) is 23.8 Å². The highest BCUT2D eigenvalue weighted by atomic mass is 19.4. The molecule has 288 valence electrons. The van der Waals surface area contributed by atoms with E-state index in [4.69, 9.17) is 1.37 Å². The molecule has 1 aliphatic rings. The number of hydrogen-bond donors (Lipinski definition) is 2. The summed E-state index contributed by atoms with van der Waals surface area (Å²) in [4.78, 5) is 31.0. The smallest absolute Gasteiger partial charge is 0.460 e. The number of likely N-dealkylation sites (tertiary alicyclic amines) is 1. The lowest BCUT2D eigenvalue weighted by Gasteiger charge is -2.40. The molecule has 0 bridgehead atoms. The fraction of sp³-hybridized carbons (Fsp3) is 0.382. The Hall–Kier alpha value is -4.68. The number of hydrogen-bond acceptors (Lipinski definition) is 4. The van der Waals surface area contributed by atoms with E-state index in [1.807, 2.05) is 17.0 Å². The molecule has 1 heterocycles. The number of carboxylic acids is 1. The van der Waals surface area contributed by atoms with Crippen LogP contribution in [0.25, 0.3) is 0 Å². The predicted octanol–water partition coefficient (Wildman–Crippen LogP) is 8.71. The van der Waals surface area contributed by atoms with E-state index < -0.39 is 71.9 Å². The first kappa shape index (κ1) is 39.5. The Labute approximate surface area is 293 Å². The van der Waals surface area contributed by atoms with E-state index in [-0.39, 0.29) is 16.8 Å². The number of carbonyl (C=O) groups excluding carboxylic acids is 1. The van der Waals surface area contributed by atoms with Crippen molar-refractivity contribution in [2.45, 2.75) is 73.7 Å². The lowest BCUT2D eigenvalue weighted by molar-refractivity contribution is -0.440. The number of carboxylic acid groups (broad SMARTS) is 1. The van der Waals surface area contributed by atoms with E-state index in [9.17, 15) is 63.0 Å². The molecule has 0 unspecified atom stereocenters. The van der Waals surface area contributed by atoms with Gasteiger partial charge in [0.1, 0.15) is 0 Å². The molecule has 1 amide bonds. The maximum Gasteiger partial charge on any atom is 0.460 e. The predicted molar refractivity (Wildman–Crippen MR) is 164 cm³/mol. The molecule has 3 aromatic rings. The Balaban J connectivity index is 1.77. The summed E-state index contributed by atoms with van der Waals surface area (Å²) in [5, 5.41) is 12.3. The van der Waals surface area contributed by atoms with Crippen LogP contribution in [0.4, 0.5) is 62.8 Å². The van der Waals surface area contributed by atoms with Crippen molar-refractivity contribution in [3.05, 3.63) is 102 Å². The molecule has 6 nitrogen and oxygen atoms in total. The summed E-state index contributed by atoms with van der Waals surface area (Å²) >= 11 is 0. The second-order valence-corrected chi connectivity index (χ2v) is 11.9. The van der Waals surface area contributed by atoms with Gasteiger partial charge in [0.25, 0.3) is 0 Å². The number of benzene rings is 3. The molecule has 0 aliphatic carbocycles. The molecular weight excluding hydrogens is 745 g/mol. The number of nitrogens with one attached hydrogen (secondary N) is 1. The van der Waals surface area contributed by atoms with Crippen molar-refractivity contribution in [2.24, 2.45) is 4.99 Å². The van der Waals surface area contributed by atoms with Gasteiger partial charge in [-0.25, -0.2) is 4.79 Å². The third-order valence-electron chi connectivity index (χ3n) is 8.26. The van der Waals surface area contributed by atoms with Gasteiger partial charge in [0, 0.05) is 17.7 Å². The second kappa shape index (κ2) is 15.0. The Bertz CT molecular complexity index is 1840. The Kier molecular flexibility index (Phi) is 11.2. The molecule has 0 radical (unpaired) electrons. The molecule has 4 rings (SSSR count). The van der Waals surface area contributed by atoms with Gasteiger partial charge in [0.15, 0.2) is 6.02 Å². The number of carbonyl (C=O) groups is 2. The minimum absolute atomic E-state index is 0.206. The van der Waals surface area contributed by atoms with E-state index in [2.05, 4.69) is 10.3 Å². The molecule has 19 heteroatoms. The molecule has 2 N–H and O–H groups in total. The van der Waals surface area contributed by atoms with Gasteiger partial charge in [-0.3, -0.25) is 14.7 Å². The SMILES string of the molecule is [2H][C@](CC(F)(F)C(F)(F)C(F)(F)C(F)(F)C(F)(F)C(F)(F)F)(N=C(c1ccccc1)c1ccccc1NC(=O)[C@@H]1CCCN1Cc1ccccc1)C(=O)O. The summed E-state index contributed by atoms with van der Waals surface area (Å²) in [5.74, 6) is -42.7. The first-order valence-electron chi connectivity index (χ1n) is 15.8. The number of nitrogens with zero attached hydrogens (tertiary/aromatic N) is 2. The maximum absolute atomic E-state index is 15.0. The van der Waals surface area contributed by atoms with Crippen molar-refractivity contribution in [2.75, 3.05) is 11.9 Å². The van der Waals surface area contributed by atoms with Crippen LogP contribution in [0.15, 0.2) is 89.9 Å². The molecule has 3 aromatic carbocycles. The van der Waals surface area contributed by atoms with Crippen LogP contribution < -0.4 is 5.32 Å². The molecule has 1 aliphatic heterocycles. The monoisotopic (exact) mass is 774 g/mol. The first-order chi connectivity index (χ1) is 24.8. The average Bonchev–Trinajstić information content (AvgIpc) is 3.55. The summed E-state index contributed by atoms with van der Waals surface area (Å²) in [6.07, 6.45) is -10.1. The number of anilines is 1. The minimum Gasteiger partial charge on any atom is -0.480 e. The highest BCUT2D eigenvalue weighted by molar-refractivity contribution is 6.17. The van der Waals surface area contributed by atoms with Gasteiger partial charge in [-0.1, -0.05) is 78.9 Å². The quantitative estimate of drug-likeness (QED) is 0.127. The molecule has 0 saturated carbocycles. The van der Waals surface area contributed by atoms with Gasteiger partial charge in [-0.05, 0) is 31.0 Å². The van der Waals surface area contributed by atoms with Crippen LogP contribution in [0.5, 0.6) is 0 Å². The molecule has 2 atom stereocenters. The highest BCUT2D eigenvalue weighted by Crippen LogP contribution is 2.60. The van der Waals surface area contributed by atoms with E-state index >= 15 is 8.78 Å². The van der Waals surface area contributed by atoms with Gasteiger partial charge in [0.2, 0.25) is 5.91 Å². The number of aliphatic imine (C=N–C) groups is 1. The van der Waals surface area contributed by atoms with Crippen molar-refractivity contribution in [3.63, 3.8) is 0 Å². The number of aliphatic carboxylic acids is 1. The third kappa shape index (κ3) is 7.99. The van der Waals surface area contributed by atoms with Crippen LogP contribution in [-0.2, 0) is 16.1 Å². The van der Waals surface area contributed by atoms with E-state index in [1.165, 1.54) is 36.4 Å². The first-order valence-corrected chi connectivity index (χ1v) is 15.3. The summed E-state index contributed by atoms with van der Waals surface area (Å²) in [6.45, 7) is 0.859. The van der Waals surface area contributed by atoms with Crippen LogP contribution in [0, 0.1) is 0 Å². The fourth-order valence-corrected chi connectivity index (χ4v) is 5.44. The van der Waals surface area contributed by atoms with Gasteiger partial charge in [-0.2, -0.15) is 57.1 Å². The van der Waals surface area contributed by atoms with Gasteiger partial charge in [-0.15, -0.1) is 0 Å². The second-order valence-electron chi connectivity index (χ2n) is 11.9. The van der Waals surface area contributed by atoms with Crippen LogP contribution in [0.3, 0.4) is 0 Å². The van der Waals surface area contributed by atoms with Crippen LogP contribution >= 0.6 is 0 Å². The van der Waals surface area contributed by atoms with Crippen molar-refractivity contribution < 1.29 is 73.1 Å². The standard InChI is InChI=1S/C34H28F13N3O3/c35-29(36,30(37,38)31(39,40)32(41,42)33(43,44)34(45,46)47)18-24(28(52)53)48-26(21-12-5-2-6-13-21)22-14-7-8-15-23(22)49-27(51)25-16-9-17-50(25)19-20-10-3-1-4-11-20/h1-8,10-15,24-25H,9,16-19H2,(H,49,51)(H,52,53)/t24-,25+/m1/s1/i24D. The summed E-state index contributed by atoms with van der Waals surface area (Å²) in [7, 11) is 0. The zero-order chi connectivity index (χ0) is 40.5. The van der Waals surface area contributed by atoms with Gasteiger partial charge in [0.05, 0.1) is 25.2 Å². The zero-order valence-corrected chi connectivity index (χ0v) is 26.8. The van der Waals surface area contributed by atoms with Gasteiger partial charge < -0.3 is 10.4 Å². The third-order valence-corrected chi connectivity index (χ3v) is 8.26. The lowest BCUT2D eigenvalue weighted by atomic mass is 9.91. The summed E-state index contributed by atoms with van der Waals surface area (Å²) in [6, 6.07) is 14.9. The number of alkyl halides is 13. The summed E-state index contributed by atoms with van der Waals surface area (Å²) < 4.78 is 188. The van der Waals surface area contributed by atoms with E-state index in [0.29, 0.717) is 25.9 Å². The average molecular weight is 775 g/mol. The number of rotatable bonds is 14. The van der Waals surface area contributed by atoms with Crippen LogP contribution in [-0.4, -0.2) is 82.0 Å². The molecule has 53 heavy (non-hydrogen) atoms. The zero-order valence-electron chi connectivity index (χ0n) is 27.8. The molecule has 1 saturated heterocycles. The minimum atomic E-state index is -8.22. The number of halogens is 13. The number of amides is 1. The largest absolute Gasteiger partial charge is 0.480 e. The van der Waals surface area contributed by atoms with Crippen LogP contribution in [0.1, 0.15) is 37.3 Å². The lowest BCUT2D eigenvalue weighted by Crippen LogP contribution is -2.70. The molecule has 1 fully saturated rings. The Morgan fingerprint density at radius 2 is 1.30 bits per heavy atom. The maximum atomic E-state index is 15.0. The van der Waals surface area contributed by atoms with Crippen molar-refractivity contribution >= 4 is 23.3 Å². The molecule has 0 aromatic heterocycles. The normalized spacial score (nSPS) is 18.3.